The van der Waals surface area contributed by atoms with Crippen molar-refractivity contribution in [3.63, 3.8) is 0 Å². The maximum atomic E-state index is 11.8. The Morgan fingerprint density at radius 1 is 1.25 bits per heavy atom. The molecule has 2 rings (SSSR count). The molecule has 1 N–H and O–H groups in total. The molecule has 2 atom stereocenters. The molecule has 2 aliphatic rings. The van der Waals surface area contributed by atoms with Crippen LogP contribution in [0.4, 0.5) is 0 Å². The van der Waals surface area contributed by atoms with Gasteiger partial charge in [-0.15, -0.1) is 0 Å². The number of piperidine rings is 1. The molecule has 6 nitrogen and oxygen atoms in total. The second kappa shape index (κ2) is 3.86. The van der Waals surface area contributed by atoms with Crippen LogP contribution in [0.2, 0.25) is 0 Å². The predicted molar refractivity (Wildman–Crippen MR) is 53.1 cm³/mol. The Bertz CT molecular complexity index is 355. The van der Waals surface area contributed by atoms with Gasteiger partial charge in [-0.1, -0.05) is 0 Å². The first-order chi connectivity index (χ1) is 7.50. The van der Waals surface area contributed by atoms with Crippen LogP contribution in [0.3, 0.4) is 0 Å². The van der Waals surface area contributed by atoms with Gasteiger partial charge in [0.05, 0.1) is 12.5 Å². The number of aliphatic hydroxyl groups excluding tert-OH is 1. The van der Waals surface area contributed by atoms with Gasteiger partial charge in [-0.3, -0.25) is 19.3 Å². The van der Waals surface area contributed by atoms with E-state index < -0.39 is 12.1 Å². The number of amides is 3. The van der Waals surface area contributed by atoms with Crippen molar-refractivity contribution in [3.8, 4) is 0 Å². The number of likely N-dealkylation sites (tertiary alicyclic amines) is 2. The summed E-state index contributed by atoms with van der Waals surface area (Å²) in [4.78, 5) is 37.0. The molecular weight excluding hydrogens is 212 g/mol. The van der Waals surface area contributed by atoms with Gasteiger partial charge in [0.1, 0.15) is 6.04 Å². The zero-order chi connectivity index (χ0) is 11.9. The lowest BCUT2D eigenvalue weighted by Crippen LogP contribution is -2.53. The monoisotopic (exact) mass is 226 g/mol. The fraction of sp³-hybridized carbons (Fsp3) is 0.700. The second-order valence-electron chi connectivity index (χ2n) is 4.25. The molecule has 0 aromatic carbocycles. The number of aliphatic hydroxyl groups is 1. The second-order valence-corrected chi connectivity index (χ2v) is 4.25. The summed E-state index contributed by atoms with van der Waals surface area (Å²) in [5.41, 5.74) is 0. The summed E-state index contributed by atoms with van der Waals surface area (Å²) < 4.78 is 0. The summed E-state index contributed by atoms with van der Waals surface area (Å²) in [6.45, 7) is 0.192. The van der Waals surface area contributed by atoms with Crippen molar-refractivity contribution < 1.29 is 19.5 Å². The highest BCUT2D eigenvalue weighted by Gasteiger charge is 2.41. The first-order valence-electron chi connectivity index (χ1n) is 5.28. The summed E-state index contributed by atoms with van der Waals surface area (Å²) in [6.07, 6.45) is 0.0116. The molecule has 0 bridgehead atoms. The lowest BCUT2D eigenvalue weighted by molar-refractivity contribution is -0.154. The molecule has 0 spiro atoms. The van der Waals surface area contributed by atoms with Gasteiger partial charge in [-0.25, -0.2) is 0 Å². The molecule has 16 heavy (non-hydrogen) atoms. The third-order valence-corrected chi connectivity index (χ3v) is 3.14. The molecule has 0 saturated carbocycles. The number of hydrogen-bond acceptors (Lipinski definition) is 4. The third-order valence-electron chi connectivity index (χ3n) is 3.14. The van der Waals surface area contributed by atoms with E-state index in [2.05, 4.69) is 0 Å². The molecule has 2 unspecified atom stereocenters. The Morgan fingerprint density at radius 3 is 2.50 bits per heavy atom. The lowest BCUT2D eigenvalue weighted by atomic mass is 10.0. The Kier molecular flexibility index (Phi) is 2.67. The van der Waals surface area contributed by atoms with Gasteiger partial charge in [0, 0.05) is 20.0 Å². The molecule has 6 heteroatoms. The topological polar surface area (TPSA) is 77.9 Å². The standard InChI is InChI=1S/C10H14N2O4/c1-11-8(14)3-2-7(10(11)16)12-5-6(13)4-9(12)15/h6-7,13H,2-5H2,1H3. The average molecular weight is 226 g/mol. The largest absolute Gasteiger partial charge is 0.391 e. The molecule has 0 aliphatic carbocycles. The van der Waals surface area contributed by atoms with Crippen molar-refractivity contribution in [1.82, 2.24) is 9.80 Å². The van der Waals surface area contributed by atoms with Gasteiger partial charge in [0.15, 0.2) is 0 Å². The Morgan fingerprint density at radius 2 is 1.94 bits per heavy atom. The quantitative estimate of drug-likeness (QED) is 0.565. The van der Waals surface area contributed by atoms with Crippen LogP contribution in [0.5, 0.6) is 0 Å². The van der Waals surface area contributed by atoms with Gasteiger partial charge >= 0.3 is 0 Å². The van der Waals surface area contributed by atoms with Crippen LogP contribution in [-0.4, -0.2) is 58.4 Å². The van der Waals surface area contributed by atoms with Crippen LogP contribution in [0.15, 0.2) is 0 Å². The van der Waals surface area contributed by atoms with E-state index in [1.807, 2.05) is 0 Å². The molecule has 2 heterocycles. The number of hydrogen-bond donors (Lipinski definition) is 1. The highest BCUT2D eigenvalue weighted by atomic mass is 16.3. The van der Waals surface area contributed by atoms with Crippen molar-refractivity contribution in [3.05, 3.63) is 0 Å². The minimum absolute atomic E-state index is 0.0709. The predicted octanol–water partition coefficient (Wildman–Crippen LogP) is -1.27. The first kappa shape index (κ1) is 11.1. The van der Waals surface area contributed by atoms with Crippen molar-refractivity contribution in [2.75, 3.05) is 13.6 Å². The molecule has 2 fully saturated rings. The van der Waals surface area contributed by atoms with Crippen molar-refractivity contribution in [2.45, 2.75) is 31.4 Å². The van der Waals surface area contributed by atoms with Crippen molar-refractivity contribution >= 4 is 17.7 Å². The van der Waals surface area contributed by atoms with E-state index in [0.717, 1.165) is 4.90 Å². The summed E-state index contributed by atoms with van der Waals surface area (Å²) in [5.74, 6) is -0.777. The summed E-state index contributed by atoms with van der Waals surface area (Å²) >= 11 is 0. The van der Waals surface area contributed by atoms with Gasteiger partial charge in [0.25, 0.3) is 5.91 Å². The van der Waals surface area contributed by atoms with Crippen LogP contribution in [0.1, 0.15) is 19.3 Å². The van der Waals surface area contributed by atoms with E-state index in [-0.39, 0.29) is 37.1 Å². The minimum Gasteiger partial charge on any atom is -0.391 e. The number of carbonyl (C=O) groups excluding carboxylic acids is 3. The first-order valence-corrected chi connectivity index (χ1v) is 5.28. The van der Waals surface area contributed by atoms with Crippen LogP contribution in [-0.2, 0) is 14.4 Å². The van der Waals surface area contributed by atoms with E-state index in [1.54, 1.807) is 0 Å². The minimum atomic E-state index is -0.691. The Hall–Kier alpha value is -1.43. The van der Waals surface area contributed by atoms with E-state index in [9.17, 15) is 19.5 Å². The van der Waals surface area contributed by atoms with Gasteiger partial charge in [-0.2, -0.15) is 0 Å². The average Bonchev–Trinajstić information content (AvgIpc) is 2.55. The molecule has 3 amide bonds. The van der Waals surface area contributed by atoms with Crippen LogP contribution in [0, 0.1) is 0 Å². The van der Waals surface area contributed by atoms with Crippen LogP contribution in [0.25, 0.3) is 0 Å². The zero-order valence-corrected chi connectivity index (χ0v) is 9.05. The molecule has 88 valence electrons. The number of imide groups is 1. The van der Waals surface area contributed by atoms with E-state index >= 15 is 0 Å². The number of rotatable bonds is 1. The van der Waals surface area contributed by atoms with Crippen LogP contribution >= 0.6 is 0 Å². The fourth-order valence-electron chi connectivity index (χ4n) is 2.20. The van der Waals surface area contributed by atoms with Gasteiger partial charge < -0.3 is 10.0 Å². The molecule has 0 radical (unpaired) electrons. The summed E-state index contributed by atoms with van der Waals surface area (Å²) in [6, 6.07) is -0.577. The maximum Gasteiger partial charge on any atom is 0.251 e. The smallest absolute Gasteiger partial charge is 0.251 e. The maximum absolute atomic E-state index is 11.8. The van der Waals surface area contributed by atoms with E-state index in [1.165, 1.54) is 11.9 Å². The molecule has 2 aliphatic heterocycles. The lowest BCUT2D eigenvalue weighted by Gasteiger charge is -2.33. The number of carbonyl (C=O) groups is 3. The van der Waals surface area contributed by atoms with Crippen LogP contribution < -0.4 is 0 Å². The van der Waals surface area contributed by atoms with E-state index in [4.69, 9.17) is 0 Å². The molecule has 0 aromatic rings. The zero-order valence-electron chi connectivity index (χ0n) is 9.05. The summed E-state index contributed by atoms with van der Waals surface area (Å²) in [5, 5.41) is 9.35. The SMILES string of the molecule is CN1C(=O)CCC(N2CC(O)CC2=O)C1=O. The number of likely N-dealkylation sites (N-methyl/N-ethyl adjacent to an activating group) is 1. The Labute approximate surface area is 92.8 Å². The highest BCUT2D eigenvalue weighted by Crippen LogP contribution is 2.22. The normalized spacial score (nSPS) is 31.5. The van der Waals surface area contributed by atoms with Crippen molar-refractivity contribution in [2.24, 2.45) is 0 Å². The fourth-order valence-corrected chi connectivity index (χ4v) is 2.20. The van der Waals surface area contributed by atoms with Crippen molar-refractivity contribution in [1.29, 1.82) is 0 Å². The molecule has 0 aromatic heterocycles. The van der Waals surface area contributed by atoms with Gasteiger partial charge in [0.2, 0.25) is 11.8 Å². The third kappa shape index (κ3) is 1.69. The number of nitrogens with zero attached hydrogens (tertiary/aromatic N) is 2. The number of β-amino-alcohol motifs (C(OH)–C–C–N with tert-alkyl or cyclic N) is 1. The molecular formula is C10H14N2O4. The summed E-state index contributed by atoms with van der Waals surface area (Å²) in [7, 11) is 1.42. The van der Waals surface area contributed by atoms with Gasteiger partial charge in [-0.05, 0) is 6.42 Å². The highest BCUT2D eigenvalue weighted by molar-refractivity contribution is 6.01. The molecule has 2 saturated heterocycles. The Balaban J connectivity index is 2.13. The van der Waals surface area contributed by atoms with E-state index in [0.29, 0.717) is 6.42 Å².